The zero-order chi connectivity index (χ0) is 48.8. The molecule has 0 saturated carbocycles. The Kier molecular flexibility index (Phi) is 12.3. The van der Waals surface area contributed by atoms with Crippen LogP contribution in [0.15, 0.2) is 121 Å². The summed E-state index contributed by atoms with van der Waals surface area (Å²) in [6.45, 7) is 39.5. The monoisotopic (exact) mass is 927 g/mol. The molecule has 1 heterocycles. The number of hydrogen-bond donors (Lipinski definition) is 0. The molecule has 0 saturated heterocycles. The summed E-state index contributed by atoms with van der Waals surface area (Å²) in [5.74, 6) is 0. The Bertz CT molecular complexity index is 2970. The Morgan fingerprint density at radius 2 is 0.985 bits per heavy atom. The molecule has 7 aromatic rings. The summed E-state index contributed by atoms with van der Waals surface area (Å²) in [7, 11) is 0. The van der Waals surface area contributed by atoms with E-state index >= 15 is 0 Å². The molecule has 1 aliphatic rings. The minimum atomic E-state index is -0.0670. The standard InChI is InChI=1S/C63H75ClN2S/c1-40-33-53(65(46-20-18-19-43(35-46)59(5,6)7)52-29-25-44(60(8,9)10)36-48(52)41-21-23-42(24-22-41)58(2,3)4)57(64)54(34-40)66(55-39-67-56-30-26-45(37-49(55)56)61(11,12)13)47-27-28-50-51(38-47)63(16,17)32-31-62(50,14)15/h18-30,33-39H,31-32H2,1-17H3. The van der Waals surface area contributed by atoms with Crippen LogP contribution in [0.25, 0.3) is 21.2 Å². The number of hydrogen-bond acceptors (Lipinski definition) is 3. The van der Waals surface area contributed by atoms with Crippen LogP contribution in [-0.2, 0) is 32.5 Å². The fourth-order valence-electron chi connectivity index (χ4n) is 9.93. The third-order valence-corrected chi connectivity index (χ3v) is 15.9. The summed E-state index contributed by atoms with van der Waals surface area (Å²) in [6.07, 6.45) is 2.31. The fraction of sp³-hybridized carbons (Fsp3) is 0.397. The lowest BCUT2D eigenvalue weighted by atomic mass is 9.63. The van der Waals surface area contributed by atoms with Crippen LogP contribution in [0.3, 0.4) is 0 Å². The maximum atomic E-state index is 8.26. The highest BCUT2D eigenvalue weighted by Gasteiger charge is 2.38. The van der Waals surface area contributed by atoms with Crippen LogP contribution in [-0.4, -0.2) is 0 Å². The predicted octanol–water partition coefficient (Wildman–Crippen LogP) is 20.0. The molecule has 0 amide bonds. The first-order valence-electron chi connectivity index (χ1n) is 24.5. The van der Waals surface area contributed by atoms with E-state index in [1.807, 2.05) is 11.3 Å². The van der Waals surface area contributed by atoms with Gasteiger partial charge in [-0.3, -0.25) is 0 Å². The molecule has 0 radical (unpaired) electrons. The van der Waals surface area contributed by atoms with Gasteiger partial charge in [0.05, 0.1) is 27.8 Å². The molecule has 0 atom stereocenters. The Labute approximate surface area is 413 Å². The highest BCUT2D eigenvalue weighted by atomic mass is 35.5. The highest BCUT2D eigenvalue weighted by molar-refractivity contribution is 7.17. The SMILES string of the molecule is Cc1cc(N(c2cccc(C(C)(C)C)c2)c2ccc(C(C)(C)C)cc2-c2ccc(C(C)(C)C)cc2)c(Cl)c(N(c2ccc3c(c2)C(C)(C)CCC3(C)C)c2csc3ccc(C(C)(C)C)cc23)c1. The van der Waals surface area contributed by atoms with Crippen molar-refractivity contribution in [3.63, 3.8) is 0 Å². The van der Waals surface area contributed by atoms with Crippen LogP contribution < -0.4 is 9.80 Å². The molecule has 0 unspecified atom stereocenters. The first kappa shape index (κ1) is 48.6. The normalized spacial score (nSPS) is 15.1. The Morgan fingerprint density at radius 1 is 0.478 bits per heavy atom. The van der Waals surface area contributed by atoms with Crippen molar-refractivity contribution in [1.29, 1.82) is 0 Å². The average molecular weight is 928 g/mol. The quantitative estimate of drug-likeness (QED) is 0.157. The Balaban J connectivity index is 1.45. The van der Waals surface area contributed by atoms with Gasteiger partial charge in [-0.05, 0) is 157 Å². The van der Waals surface area contributed by atoms with Gasteiger partial charge >= 0.3 is 0 Å². The van der Waals surface area contributed by atoms with Gasteiger partial charge < -0.3 is 9.80 Å². The van der Waals surface area contributed by atoms with Gasteiger partial charge in [0.25, 0.3) is 0 Å². The van der Waals surface area contributed by atoms with Crippen molar-refractivity contribution in [2.45, 2.75) is 163 Å². The van der Waals surface area contributed by atoms with Crippen LogP contribution >= 0.6 is 22.9 Å². The van der Waals surface area contributed by atoms with E-state index in [-0.39, 0.29) is 32.5 Å². The maximum Gasteiger partial charge on any atom is 0.0887 e. The van der Waals surface area contributed by atoms with E-state index in [1.165, 1.54) is 61.0 Å². The number of aryl methyl sites for hydroxylation is 1. The average Bonchev–Trinajstić information content (AvgIpc) is 3.66. The topological polar surface area (TPSA) is 6.48 Å². The first-order chi connectivity index (χ1) is 31.0. The zero-order valence-corrected chi connectivity index (χ0v) is 45.2. The highest BCUT2D eigenvalue weighted by Crippen LogP contribution is 2.54. The summed E-state index contributed by atoms with van der Waals surface area (Å²) in [6, 6.07) is 44.3. The van der Waals surface area contributed by atoms with Crippen molar-refractivity contribution >= 4 is 67.1 Å². The van der Waals surface area contributed by atoms with E-state index in [2.05, 4.69) is 248 Å². The van der Waals surface area contributed by atoms with Crippen LogP contribution in [0.4, 0.5) is 34.1 Å². The second kappa shape index (κ2) is 17.0. The second-order valence-corrected chi connectivity index (χ2v) is 26.3. The molecule has 4 heteroatoms. The zero-order valence-electron chi connectivity index (χ0n) is 43.6. The lowest BCUT2D eigenvalue weighted by Gasteiger charge is -2.42. The van der Waals surface area contributed by atoms with Gasteiger partial charge in [0, 0.05) is 32.4 Å². The van der Waals surface area contributed by atoms with Crippen molar-refractivity contribution in [3.05, 3.63) is 165 Å². The number of benzene rings is 6. The van der Waals surface area contributed by atoms with Crippen LogP contribution in [0.2, 0.25) is 5.02 Å². The van der Waals surface area contributed by atoms with Crippen molar-refractivity contribution in [2.24, 2.45) is 0 Å². The van der Waals surface area contributed by atoms with E-state index in [0.717, 1.165) is 46.1 Å². The molecule has 0 fully saturated rings. The number of anilines is 6. The molecule has 0 N–H and O–H groups in total. The molecule has 6 aromatic carbocycles. The first-order valence-corrected chi connectivity index (χ1v) is 25.7. The number of thiophene rings is 1. The summed E-state index contributed by atoms with van der Waals surface area (Å²) in [5.41, 5.74) is 17.9. The molecule has 0 bridgehead atoms. The Hall–Kier alpha value is -4.83. The summed E-state index contributed by atoms with van der Waals surface area (Å²) < 4.78 is 1.26. The third kappa shape index (κ3) is 9.50. The van der Waals surface area contributed by atoms with Crippen LogP contribution in [0, 0.1) is 6.92 Å². The molecular weight excluding hydrogens is 852 g/mol. The van der Waals surface area contributed by atoms with Crippen molar-refractivity contribution in [1.82, 2.24) is 0 Å². The molecule has 350 valence electrons. The second-order valence-electron chi connectivity index (χ2n) is 25.0. The molecular formula is C63H75ClN2S. The van der Waals surface area contributed by atoms with E-state index in [4.69, 9.17) is 11.6 Å². The Morgan fingerprint density at radius 3 is 1.58 bits per heavy atom. The number of nitrogens with zero attached hydrogens (tertiary/aromatic N) is 2. The van der Waals surface area contributed by atoms with Crippen LogP contribution in [0.1, 0.15) is 163 Å². The molecule has 2 nitrogen and oxygen atoms in total. The molecule has 1 aromatic heterocycles. The smallest absolute Gasteiger partial charge is 0.0887 e. The number of fused-ring (bicyclic) bond motifs is 2. The van der Waals surface area contributed by atoms with E-state index in [9.17, 15) is 0 Å². The number of halogens is 1. The van der Waals surface area contributed by atoms with Gasteiger partial charge in [0.2, 0.25) is 0 Å². The molecule has 8 rings (SSSR count). The molecule has 0 aliphatic heterocycles. The van der Waals surface area contributed by atoms with Crippen molar-refractivity contribution < 1.29 is 0 Å². The van der Waals surface area contributed by atoms with Gasteiger partial charge in [-0.2, -0.15) is 0 Å². The van der Waals surface area contributed by atoms with Crippen LogP contribution in [0.5, 0.6) is 0 Å². The van der Waals surface area contributed by atoms with Gasteiger partial charge in [-0.15, -0.1) is 11.3 Å². The third-order valence-electron chi connectivity index (χ3n) is 14.6. The molecule has 67 heavy (non-hydrogen) atoms. The van der Waals surface area contributed by atoms with Gasteiger partial charge in [0.15, 0.2) is 0 Å². The molecule has 1 aliphatic carbocycles. The van der Waals surface area contributed by atoms with Gasteiger partial charge in [-0.25, -0.2) is 0 Å². The predicted molar refractivity (Wildman–Crippen MR) is 296 cm³/mol. The lowest BCUT2D eigenvalue weighted by molar-refractivity contribution is 0.332. The maximum absolute atomic E-state index is 8.26. The summed E-state index contributed by atoms with van der Waals surface area (Å²) in [4.78, 5) is 4.91. The van der Waals surface area contributed by atoms with E-state index < -0.39 is 0 Å². The van der Waals surface area contributed by atoms with Crippen molar-refractivity contribution in [2.75, 3.05) is 9.80 Å². The fourth-order valence-corrected chi connectivity index (χ4v) is 11.1. The minimum absolute atomic E-state index is 0.0107. The largest absolute Gasteiger partial charge is 0.308 e. The summed E-state index contributed by atoms with van der Waals surface area (Å²) in [5, 5.41) is 4.28. The lowest BCUT2D eigenvalue weighted by Crippen LogP contribution is -2.34. The van der Waals surface area contributed by atoms with E-state index in [1.54, 1.807) is 0 Å². The number of rotatable bonds is 7. The minimum Gasteiger partial charge on any atom is -0.308 e. The molecule has 0 spiro atoms. The van der Waals surface area contributed by atoms with Gasteiger partial charge in [-0.1, -0.05) is 177 Å². The summed E-state index contributed by atoms with van der Waals surface area (Å²) >= 11 is 10.1. The van der Waals surface area contributed by atoms with Gasteiger partial charge in [0.1, 0.15) is 0 Å². The van der Waals surface area contributed by atoms with Crippen molar-refractivity contribution in [3.8, 4) is 11.1 Å². The van der Waals surface area contributed by atoms with E-state index in [0.29, 0.717) is 5.02 Å².